The fourth-order valence-electron chi connectivity index (χ4n) is 2.35. The zero-order valence-corrected chi connectivity index (χ0v) is 14.3. The summed E-state index contributed by atoms with van der Waals surface area (Å²) in [7, 11) is 0. The smallest absolute Gasteiger partial charge is 0.239 e. The van der Waals surface area contributed by atoms with Gasteiger partial charge in [0, 0.05) is 5.02 Å². The van der Waals surface area contributed by atoms with E-state index < -0.39 is 0 Å². The van der Waals surface area contributed by atoms with Crippen LogP contribution in [0.3, 0.4) is 0 Å². The third-order valence-electron chi connectivity index (χ3n) is 3.69. The second-order valence-electron chi connectivity index (χ2n) is 5.36. The molecule has 0 spiro atoms. The minimum absolute atomic E-state index is 0.0160. The number of carbonyl (C=O) groups excluding carboxylic acids is 1. The van der Waals surface area contributed by atoms with Gasteiger partial charge in [-0.25, -0.2) is 4.99 Å². The first-order chi connectivity index (χ1) is 11.1. The van der Waals surface area contributed by atoms with E-state index in [0.717, 1.165) is 12.1 Å². The molecule has 1 unspecified atom stereocenters. The molecule has 1 amide bonds. The maximum atomic E-state index is 12.1. The lowest BCUT2D eigenvalue weighted by Gasteiger charge is -2.06. The van der Waals surface area contributed by atoms with Gasteiger partial charge in [0.25, 0.3) is 0 Å². The molecule has 0 saturated carbocycles. The molecule has 1 atom stereocenters. The second kappa shape index (κ2) is 7.20. The van der Waals surface area contributed by atoms with Gasteiger partial charge in [-0.1, -0.05) is 54.6 Å². The number of aliphatic imine (C=N–C) groups is 1. The molecule has 3 rings (SSSR count). The second-order valence-corrected chi connectivity index (χ2v) is 6.99. The van der Waals surface area contributed by atoms with Crippen molar-refractivity contribution in [2.45, 2.75) is 25.0 Å². The Balaban J connectivity index is 1.68. The number of amides is 1. The third kappa shape index (κ3) is 4.15. The lowest BCUT2D eigenvalue weighted by molar-refractivity contribution is -0.118. The number of aryl methyl sites for hydroxylation is 1. The fourth-order valence-corrected chi connectivity index (χ4v) is 3.51. The van der Waals surface area contributed by atoms with E-state index in [2.05, 4.69) is 41.5 Å². The summed E-state index contributed by atoms with van der Waals surface area (Å²) in [6, 6.07) is 15.7. The molecular weight excluding hydrogens is 328 g/mol. The molecule has 1 heterocycles. The number of nitrogens with one attached hydrogen (secondary N) is 1. The van der Waals surface area contributed by atoms with Crippen molar-refractivity contribution in [3.63, 3.8) is 0 Å². The van der Waals surface area contributed by atoms with Crippen LogP contribution >= 0.6 is 23.4 Å². The molecule has 1 N–H and O–H groups in total. The summed E-state index contributed by atoms with van der Waals surface area (Å²) in [5.41, 5.74) is 3.26. The predicted octanol–water partition coefficient (Wildman–Crippen LogP) is 4.36. The topological polar surface area (TPSA) is 41.5 Å². The van der Waals surface area contributed by atoms with Gasteiger partial charge in [0.05, 0.1) is 10.9 Å². The quantitative estimate of drug-likeness (QED) is 0.895. The highest BCUT2D eigenvalue weighted by Gasteiger charge is 2.30. The SMILES string of the molecule is CCc1ccc(CC2SC(=Nc3ccc(Cl)cc3)NC2=O)cc1. The first kappa shape index (κ1) is 16.1. The van der Waals surface area contributed by atoms with Crippen molar-refractivity contribution in [1.82, 2.24) is 5.32 Å². The van der Waals surface area contributed by atoms with Crippen LogP contribution in [0.25, 0.3) is 0 Å². The van der Waals surface area contributed by atoms with Gasteiger partial charge in [-0.05, 0) is 48.2 Å². The van der Waals surface area contributed by atoms with Gasteiger partial charge in [0.15, 0.2) is 5.17 Å². The van der Waals surface area contributed by atoms with E-state index in [9.17, 15) is 4.79 Å². The summed E-state index contributed by atoms with van der Waals surface area (Å²) < 4.78 is 0. The average Bonchev–Trinajstić information content (AvgIpc) is 2.90. The van der Waals surface area contributed by atoms with Crippen molar-refractivity contribution in [2.75, 3.05) is 0 Å². The Morgan fingerprint density at radius 1 is 1.09 bits per heavy atom. The number of hydrogen-bond donors (Lipinski definition) is 1. The predicted molar refractivity (Wildman–Crippen MR) is 97.6 cm³/mol. The minimum Gasteiger partial charge on any atom is -0.304 e. The molecule has 1 saturated heterocycles. The number of amidine groups is 1. The fraction of sp³-hybridized carbons (Fsp3) is 0.222. The van der Waals surface area contributed by atoms with Gasteiger partial charge in [0.2, 0.25) is 5.91 Å². The molecule has 0 aliphatic carbocycles. The van der Waals surface area contributed by atoms with E-state index in [-0.39, 0.29) is 11.2 Å². The minimum atomic E-state index is -0.131. The molecule has 1 aliphatic rings. The zero-order chi connectivity index (χ0) is 16.2. The lowest BCUT2D eigenvalue weighted by Crippen LogP contribution is -2.25. The first-order valence-corrected chi connectivity index (χ1v) is 8.79. The van der Waals surface area contributed by atoms with Crippen LogP contribution in [0.15, 0.2) is 53.5 Å². The summed E-state index contributed by atoms with van der Waals surface area (Å²) in [6.45, 7) is 2.13. The molecule has 0 aromatic heterocycles. The van der Waals surface area contributed by atoms with Crippen LogP contribution in [0.4, 0.5) is 5.69 Å². The molecule has 2 aromatic carbocycles. The van der Waals surface area contributed by atoms with E-state index in [0.29, 0.717) is 16.6 Å². The molecule has 1 aliphatic heterocycles. The van der Waals surface area contributed by atoms with Crippen molar-refractivity contribution < 1.29 is 4.79 Å². The summed E-state index contributed by atoms with van der Waals surface area (Å²) in [4.78, 5) is 16.6. The molecule has 5 heteroatoms. The summed E-state index contributed by atoms with van der Waals surface area (Å²) in [5.74, 6) is 0.0160. The van der Waals surface area contributed by atoms with E-state index >= 15 is 0 Å². The molecular formula is C18H17ClN2OS. The van der Waals surface area contributed by atoms with Crippen LogP contribution in [0.1, 0.15) is 18.1 Å². The van der Waals surface area contributed by atoms with Crippen LogP contribution in [-0.2, 0) is 17.6 Å². The number of carbonyl (C=O) groups is 1. The van der Waals surface area contributed by atoms with Gasteiger partial charge in [-0.15, -0.1) is 0 Å². The van der Waals surface area contributed by atoms with E-state index in [1.165, 1.54) is 22.9 Å². The maximum Gasteiger partial charge on any atom is 0.239 e. The highest BCUT2D eigenvalue weighted by atomic mass is 35.5. The Bertz CT molecular complexity index is 726. The number of halogens is 1. The number of benzene rings is 2. The van der Waals surface area contributed by atoms with Gasteiger partial charge in [-0.2, -0.15) is 0 Å². The van der Waals surface area contributed by atoms with Crippen LogP contribution < -0.4 is 5.32 Å². The van der Waals surface area contributed by atoms with Gasteiger partial charge >= 0.3 is 0 Å². The average molecular weight is 345 g/mol. The Morgan fingerprint density at radius 3 is 2.39 bits per heavy atom. The Hall–Kier alpha value is -1.78. The Morgan fingerprint density at radius 2 is 1.74 bits per heavy atom. The maximum absolute atomic E-state index is 12.1. The lowest BCUT2D eigenvalue weighted by atomic mass is 10.1. The van der Waals surface area contributed by atoms with Gasteiger partial charge in [0.1, 0.15) is 0 Å². The monoisotopic (exact) mass is 344 g/mol. The number of nitrogens with zero attached hydrogens (tertiary/aromatic N) is 1. The van der Waals surface area contributed by atoms with Crippen molar-refractivity contribution in [2.24, 2.45) is 4.99 Å². The van der Waals surface area contributed by atoms with E-state index in [1.54, 1.807) is 12.1 Å². The normalized spacial score (nSPS) is 19.1. The van der Waals surface area contributed by atoms with Crippen molar-refractivity contribution in [1.29, 1.82) is 0 Å². The molecule has 2 aromatic rings. The van der Waals surface area contributed by atoms with Crippen molar-refractivity contribution in [3.8, 4) is 0 Å². The van der Waals surface area contributed by atoms with Crippen LogP contribution in [-0.4, -0.2) is 16.3 Å². The highest BCUT2D eigenvalue weighted by Crippen LogP contribution is 2.26. The largest absolute Gasteiger partial charge is 0.304 e. The standard InChI is InChI=1S/C18H17ClN2OS/c1-2-12-3-5-13(6-4-12)11-16-17(22)21-18(23-16)20-15-9-7-14(19)8-10-15/h3-10,16H,2,11H2,1H3,(H,20,21,22). The Kier molecular flexibility index (Phi) is 5.03. The molecule has 0 bridgehead atoms. The third-order valence-corrected chi connectivity index (χ3v) is 5.02. The van der Waals surface area contributed by atoms with E-state index in [1.807, 2.05) is 12.1 Å². The molecule has 23 heavy (non-hydrogen) atoms. The van der Waals surface area contributed by atoms with Crippen molar-refractivity contribution >= 4 is 40.1 Å². The number of rotatable bonds is 4. The molecule has 1 fully saturated rings. The molecule has 0 radical (unpaired) electrons. The summed E-state index contributed by atoms with van der Waals surface area (Å²) in [5, 5.41) is 4.04. The van der Waals surface area contributed by atoms with Gasteiger partial charge in [-0.3, -0.25) is 4.79 Å². The molecule has 118 valence electrons. The van der Waals surface area contributed by atoms with Crippen LogP contribution in [0.2, 0.25) is 5.02 Å². The van der Waals surface area contributed by atoms with E-state index in [4.69, 9.17) is 11.6 Å². The van der Waals surface area contributed by atoms with Crippen molar-refractivity contribution in [3.05, 3.63) is 64.7 Å². The highest BCUT2D eigenvalue weighted by molar-refractivity contribution is 8.15. The van der Waals surface area contributed by atoms with Crippen LogP contribution in [0.5, 0.6) is 0 Å². The number of hydrogen-bond acceptors (Lipinski definition) is 3. The zero-order valence-electron chi connectivity index (χ0n) is 12.8. The number of thioether (sulfide) groups is 1. The van der Waals surface area contributed by atoms with Crippen LogP contribution in [0, 0.1) is 0 Å². The molecule has 3 nitrogen and oxygen atoms in total. The Labute approximate surface area is 145 Å². The first-order valence-electron chi connectivity index (χ1n) is 7.53. The summed E-state index contributed by atoms with van der Waals surface area (Å²) in [6.07, 6.45) is 1.73. The van der Waals surface area contributed by atoms with Gasteiger partial charge < -0.3 is 5.32 Å². The summed E-state index contributed by atoms with van der Waals surface area (Å²) >= 11 is 7.34.